The van der Waals surface area contributed by atoms with E-state index in [-0.39, 0.29) is 11.6 Å². The molecule has 0 saturated carbocycles. The van der Waals surface area contributed by atoms with Crippen molar-refractivity contribution in [2.45, 2.75) is 44.9 Å². The van der Waals surface area contributed by atoms with Crippen molar-refractivity contribution in [3.63, 3.8) is 0 Å². The van der Waals surface area contributed by atoms with Crippen LogP contribution in [0.1, 0.15) is 43.4 Å². The second kappa shape index (κ2) is 5.44. The van der Waals surface area contributed by atoms with E-state index < -0.39 is 0 Å². The first-order chi connectivity index (χ1) is 8.09. The highest BCUT2D eigenvalue weighted by atomic mass is 32.1. The Balaban J connectivity index is 1.77. The van der Waals surface area contributed by atoms with Crippen molar-refractivity contribution in [1.29, 1.82) is 0 Å². The topological polar surface area (TPSA) is 60.2 Å². The summed E-state index contributed by atoms with van der Waals surface area (Å²) in [6.07, 6.45) is 2.31. The van der Waals surface area contributed by atoms with E-state index in [0.29, 0.717) is 0 Å². The zero-order valence-corrected chi connectivity index (χ0v) is 11.3. The van der Waals surface area contributed by atoms with Crippen LogP contribution in [-0.2, 0) is 11.3 Å². The molecule has 2 atom stereocenters. The van der Waals surface area contributed by atoms with Crippen LogP contribution >= 0.6 is 11.3 Å². The van der Waals surface area contributed by atoms with Gasteiger partial charge in [0.15, 0.2) is 0 Å². The highest BCUT2D eigenvalue weighted by Crippen LogP contribution is 2.24. The van der Waals surface area contributed by atoms with Crippen LogP contribution in [0.5, 0.6) is 0 Å². The molecule has 96 valence electrons. The number of hydrogen-bond donors (Lipinski definition) is 2. The maximum Gasteiger partial charge on any atom is 0.109 e. The Kier molecular flexibility index (Phi) is 4.14. The number of hydrogen-bond acceptors (Lipinski definition) is 5. The number of nitrogens with zero attached hydrogens (tertiary/aromatic N) is 1. The van der Waals surface area contributed by atoms with Gasteiger partial charge in [0.2, 0.25) is 0 Å². The monoisotopic (exact) mass is 255 g/mol. The Hall–Kier alpha value is -0.490. The zero-order chi connectivity index (χ0) is 12.3. The third kappa shape index (κ3) is 3.48. The summed E-state index contributed by atoms with van der Waals surface area (Å²) in [6, 6.07) is 0.0319. The summed E-state index contributed by atoms with van der Waals surface area (Å²) in [4.78, 5) is 4.49. The van der Waals surface area contributed by atoms with Crippen LogP contribution in [0.2, 0.25) is 0 Å². The van der Waals surface area contributed by atoms with Gasteiger partial charge in [0.05, 0.1) is 17.3 Å². The fourth-order valence-corrected chi connectivity index (χ4v) is 2.82. The number of nitrogens with two attached hydrogens (primary N) is 1. The van der Waals surface area contributed by atoms with Gasteiger partial charge in [-0.15, -0.1) is 11.3 Å². The summed E-state index contributed by atoms with van der Waals surface area (Å²) in [6.45, 7) is 6.70. The molecule has 1 saturated heterocycles. The van der Waals surface area contributed by atoms with E-state index in [2.05, 4.69) is 22.6 Å². The average Bonchev–Trinajstić information content (AvgIpc) is 2.88. The Labute approximate surface area is 107 Å². The molecule has 1 aromatic rings. The molecule has 2 unspecified atom stereocenters. The molecule has 2 rings (SSSR count). The molecule has 1 aromatic heterocycles. The lowest BCUT2D eigenvalue weighted by Gasteiger charge is -2.23. The lowest BCUT2D eigenvalue weighted by Crippen LogP contribution is -2.36. The van der Waals surface area contributed by atoms with Crippen molar-refractivity contribution >= 4 is 11.3 Å². The fourth-order valence-electron chi connectivity index (χ4n) is 2.04. The molecule has 3 N–H and O–H groups in total. The van der Waals surface area contributed by atoms with Crippen molar-refractivity contribution in [1.82, 2.24) is 10.3 Å². The molecule has 0 aliphatic carbocycles. The highest BCUT2D eigenvalue weighted by molar-refractivity contribution is 7.09. The molecule has 0 spiro atoms. The third-order valence-electron chi connectivity index (χ3n) is 3.06. The Morgan fingerprint density at radius 3 is 3.12 bits per heavy atom. The average molecular weight is 255 g/mol. The van der Waals surface area contributed by atoms with Crippen LogP contribution in [0.3, 0.4) is 0 Å². The molecular weight excluding hydrogens is 234 g/mol. The molecule has 2 heterocycles. The number of aromatic nitrogens is 1. The van der Waals surface area contributed by atoms with Gasteiger partial charge in [0.25, 0.3) is 0 Å². The standard InChI is InChI=1S/C12H21N3OS/c1-9(13)11-15-10(7-17-11)6-14-8-12(2)4-3-5-16-12/h7,9,14H,3-6,8,13H2,1-2H3. The fraction of sp³-hybridized carbons (Fsp3) is 0.750. The van der Waals surface area contributed by atoms with Gasteiger partial charge in [0, 0.05) is 25.1 Å². The summed E-state index contributed by atoms with van der Waals surface area (Å²) in [5.41, 5.74) is 6.87. The van der Waals surface area contributed by atoms with Gasteiger partial charge in [-0.1, -0.05) is 0 Å². The molecule has 1 aliphatic rings. The summed E-state index contributed by atoms with van der Waals surface area (Å²) in [7, 11) is 0. The van der Waals surface area contributed by atoms with Gasteiger partial charge in [-0.3, -0.25) is 0 Å². The van der Waals surface area contributed by atoms with E-state index >= 15 is 0 Å². The molecular formula is C12H21N3OS. The quantitative estimate of drug-likeness (QED) is 0.842. The minimum absolute atomic E-state index is 0.0139. The van der Waals surface area contributed by atoms with Gasteiger partial charge in [-0.25, -0.2) is 4.98 Å². The van der Waals surface area contributed by atoms with E-state index in [1.54, 1.807) is 11.3 Å². The predicted octanol–water partition coefficient (Wildman–Crippen LogP) is 1.82. The number of rotatable bonds is 5. The van der Waals surface area contributed by atoms with Crippen molar-refractivity contribution in [2.24, 2.45) is 5.73 Å². The first-order valence-electron chi connectivity index (χ1n) is 6.14. The predicted molar refractivity (Wildman–Crippen MR) is 70.0 cm³/mol. The second-order valence-electron chi connectivity index (χ2n) is 4.97. The summed E-state index contributed by atoms with van der Waals surface area (Å²) in [5.74, 6) is 0. The lowest BCUT2D eigenvalue weighted by molar-refractivity contribution is 0.0206. The van der Waals surface area contributed by atoms with E-state index in [4.69, 9.17) is 10.5 Å². The van der Waals surface area contributed by atoms with Crippen LogP contribution in [0.4, 0.5) is 0 Å². The molecule has 5 heteroatoms. The van der Waals surface area contributed by atoms with E-state index in [9.17, 15) is 0 Å². The Morgan fingerprint density at radius 1 is 1.71 bits per heavy atom. The Bertz CT molecular complexity index is 358. The maximum absolute atomic E-state index is 5.78. The summed E-state index contributed by atoms with van der Waals surface area (Å²) < 4.78 is 5.72. The molecule has 1 aliphatic heterocycles. The normalized spacial score (nSPS) is 26.3. The van der Waals surface area contributed by atoms with Crippen molar-refractivity contribution in [3.05, 3.63) is 16.1 Å². The van der Waals surface area contributed by atoms with Crippen LogP contribution in [0.15, 0.2) is 5.38 Å². The van der Waals surface area contributed by atoms with Gasteiger partial charge in [-0.2, -0.15) is 0 Å². The molecule has 1 fully saturated rings. The number of nitrogens with one attached hydrogen (secondary N) is 1. The van der Waals surface area contributed by atoms with Gasteiger partial charge < -0.3 is 15.8 Å². The van der Waals surface area contributed by atoms with Gasteiger partial charge in [0.1, 0.15) is 5.01 Å². The molecule has 17 heavy (non-hydrogen) atoms. The number of ether oxygens (including phenoxy) is 1. The Morgan fingerprint density at radius 2 is 2.53 bits per heavy atom. The second-order valence-corrected chi connectivity index (χ2v) is 5.86. The van der Waals surface area contributed by atoms with Crippen LogP contribution in [0, 0.1) is 0 Å². The highest BCUT2D eigenvalue weighted by Gasteiger charge is 2.28. The molecule has 0 bridgehead atoms. The first kappa shape index (κ1) is 13.0. The molecule has 4 nitrogen and oxygen atoms in total. The number of thiazole rings is 1. The minimum atomic E-state index is 0.0139. The van der Waals surface area contributed by atoms with Crippen molar-refractivity contribution < 1.29 is 4.74 Å². The van der Waals surface area contributed by atoms with Crippen molar-refractivity contribution in [2.75, 3.05) is 13.2 Å². The van der Waals surface area contributed by atoms with Crippen LogP contribution in [0.25, 0.3) is 0 Å². The zero-order valence-electron chi connectivity index (χ0n) is 10.5. The van der Waals surface area contributed by atoms with Crippen LogP contribution in [-0.4, -0.2) is 23.7 Å². The van der Waals surface area contributed by atoms with Crippen LogP contribution < -0.4 is 11.1 Å². The van der Waals surface area contributed by atoms with Crippen molar-refractivity contribution in [3.8, 4) is 0 Å². The first-order valence-corrected chi connectivity index (χ1v) is 7.02. The minimum Gasteiger partial charge on any atom is -0.374 e. The molecule has 0 amide bonds. The summed E-state index contributed by atoms with van der Waals surface area (Å²) in [5, 5.41) is 6.49. The molecule has 0 aromatic carbocycles. The van der Waals surface area contributed by atoms with E-state index in [0.717, 1.165) is 36.8 Å². The maximum atomic E-state index is 5.78. The summed E-state index contributed by atoms with van der Waals surface area (Å²) >= 11 is 1.63. The smallest absolute Gasteiger partial charge is 0.109 e. The van der Waals surface area contributed by atoms with E-state index in [1.165, 1.54) is 6.42 Å². The molecule has 0 radical (unpaired) electrons. The lowest BCUT2D eigenvalue weighted by atomic mass is 10.0. The van der Waals surface area contributed by atoms with E-state index in [1.807, 2.05) is 6.92 Å². The largest absolute Gasteiger partial charge is 0.374 e. The van der Waals surface area contributed by atoms with Gasteiger partial charge >= 0.3 is 0 Å². The SMILES string of the molecule is CC(N)c1nc(CNCC2(C)CCCO2)cs1. The van der Waals surface area contributed by atoms with Gasteiger partial charge in [-0.05, 0) is 26.7 Å². The third-order valence-corrected chi connectivity index (χ3v) is 4.16.